The van der Waals surface area contributed by atoms with Crippen molar-refractivity contribution in [2.45, 2.75) is 31.1 Å². The van der Waals surface area contributed by atoms with Gasteiger partial charge in [-0.3, -0.25) is 0 Å². The standard InChI is InChI=1S/C23H27N5O6S.Cu/c1-23(2,3)20-19(22(30)28(4)26-20)25-24-16-10-8-7-9-15(16)21(29)27-35(31,32)18-13-14(33-5)11-12-17(18)34-6;/h7-13H,1-6H3,(H2,24,26,27,29,30);/q;+1/p-1. The molecule has 0 radical (unpaired) electrons. The number of nitrogens with zero attached hydrogens (tertiary/aromatic N) is 5. The molecule has 1 amide bonds. The van der Waals surface area contributed by atoms with E-state index in [2.05, 4.69) is 20.0 Å². The number of benzene rings is 2. The molecule has 0 unspecified atom stereocenters. The molecule has 0 bridgehead atoms. The van der Waals surface area contributed by atoms with Crippen molar-refractivity contribution in [1.82, 2.24) is 9.78 Å². The van der Waals surface area contributed by atoms with Gasteiger partial charge in [0.05, 0.1) is 36.4 Å². The normalized spacial score (nSPS) is 11.7. The molecule has 36 heavy (non-hydrogen) atoms. The summed E-state index contributed by atoms with van der Waals surface area (Å²) in [5, 5.41) is 22.9. The zero-order valence-electron chi connectivity index (χ0n) is 20.5. The number of sulfonamides is 1. The van der Waals surface area contributed by atoms with Crippen LogP contribution >= 0.6 is 0 Å². The second kappa shape index (κ2) is 11.1. The van der Waals surface area contributed by atoms with Crippen LogP contribution in [0.15, 0.2) is 57.6 Å². The van der Waals surface area contributed by atoms with Crippen LogP contribution < -0.4 is 9.47 Å². The fourth-order valence-corrected chi connectivity index (χ4v) is 4.23. The van der Waals surface area contributed by atoms with E-state index < -0.39 is 21.3 Å². The van der Waals surface area contributed by atoms with Crippen molar-refractivity contribution < 1.29 is 44.9 Å². The van der Waals surface area contributed by atoms with Crippen molar-refractivity contribution in [3.05, 3.63) is 58.4 Å². The van der Waals surface area contributed by atoms with Crippen LogP contribution in [0, 0.1) is 0 Å². The minimum absolute atomic E-state index is 0. The zero-order valence-corrected chi connectivity index (χ0v) is 22.2. The van der Waals surface area contributed by atoms with E-state index in [4.69, 9.17) is 9.47 Å². The third-order valence-electron chi connectivity index (χ3n) is 4.95. The van der Waals surface area contributed by atoms with Crippen LogP contribution in [-0.4, -0.2) is 43.4 Å². The van der Waals surface area contributed by atoms with Crippen molar-refractivity contribution in [1.29, 1.82) is 0 Å². The molecule has 13 heteroatoms. The average molecular weight is 564 g/mol. The van der Waals surface area contributed by atoms with Crippen LogP contribution in [0.4, 0.5) is 11.4 Å². The maximum absolute atomic E-state index is 12.9. The largest absolute Gasteiger partial charge is 1.00 e. The summed E-state index contributed by atoms with van der Waals surface area (Å²) in [4.78, 5) is 12.6. The second-order valence-electron chi connectivity index (χ2n) is 8.50. The van der Waals surface area contributed by atoms with Gasteiger partial charge in [0.15, 0.2) is 5.69 Å². The molecule has 11 nitrogen and oxygen atoms in total. The fraction of sp³-hybridized carbons (Fsp3) is 0.304. The van der Waals surface area contributed by atoms with E-state index in [1.807, 2.05) is 20.8 Å². The quantitative estimate of drug-likeness (QED) is 0.322. The molecule has 0 aliphatic rings. The molecular weight excluding hydrogens is 538 g/mol. The summed E-state index contributed by atoms with van der Waals surface area (Å²) in [6, 6.07) is 10.2. The van der Waals surface area contributed by atoms with Gasteiger partial charge in [0.2, 0.25) is 5.88 Å². The van der Waals surface area contributed by atoms with E-state index >= 15 is 0 Å². The first-order valence-corrected chi connectivity index (χ1v) is 11.8. The van der Waals surface area contributed by atoms with Crippen LogP contribution in [-0.2, 0) is 39.6 Å². The van der Waals surface area contributed by atoms with Gasteiger partial charge in [-0.15, -0.1) is 10.2 Å². The molecular formula is C23H26CuN5O6S. The van der Waals surface area contributed by atoms with Crippen LogP contribution in [0.1, 0.15) is 36.8 Å². The van der Waals surface area contributed by atoms with E-state index in [1.54, 1.807) is 19.2 Å². The molecule has 0 saturated carbocycles. The van der Waals surface area contributed by atoms with Gasteiger partial charge in [-0.05, 0) is 18.2 Å². The Bertz CT molecular complexity index is 1400. The van der Waals surface area contributed by atoms with Crippen LogP contribution in [0.5, 0.6) is 17.4 Å². The molecule has 1 heterocycles. The smallest absolute Gasteiger partial charge is 0.537 e. The monoisotopic (exact) mass is 563 g/mol. The van der Waals surface area contributed by atoms with Gasteiger partial charge >= 0.3 is 17.1 Å². The first kappa shape index (κ1) is 28.8. The number of aromatic hydroxyl groups is 1. The third kappa shape index (κ3) is 6.04. The molecule has 2 aromatic carbocycles. The van der Waals surface area contributed by atoms with E-state index in [0.29, 0.717) is 5.69 Å². The Hall–Kier alpha value is -3.41. The average Bonchev–Trinajstić information content (AvgIpc) is 3.11. The van der Waals surface area contributed by atoms with E-state index in [0.717, 1.165) is 0 Å². The maximum atomic E-state index is 12.9. The van der Waals surface area contributed by atoms with E-state index in [9.17, 15) is 18.3 Å². The first-order valence-electron chi connectivity index (χ1n) is 10.4. The Labute approximate surface area is 220 Å². The van der Waals surface area contributed by atoms with Crippen molar-refractivity contribution in [3.8, 4) is 17.4 Å². The number of rotatable bonds is 7. The van der Waals surface area contributed by atoms with E-state index in [-0.39, 0.29) is 56.3 Å². The van der Waals surface area contributed by atoms with Gasteiger partial charge in [-0.2, -0.15) is 5.10 Å². The van der Waals surface area contributed by atoms with E-state index in [1.165, 1.54) is 49.2 Å². The van der Waals surface area contributed by atoms with Gasteiger partial charge in [-0.25, -0.2) is 13.1 Å². The summed E-state index contributed by atoms with van der Waals surface area (Å²) in [5.74, 6) is -0.972. The van der Waals surface area contributed by atoms with Crippen LogP contribution in [0.2, 0.25) is 0 Å². The van der Waals surface area contributed by atoms with Crippen LogP contribution in [0.3, 0.4) is 0 Å². The zero-order chi connectivity index (χ0) is 26.0. The second-order valence-corrected chi connectivity index (χ2v) is 10.1. The summed E-state index contributed by atoms with van der Waals surface area (Å²) >= 11 is 0. The minimum atomic E-state index is -4.45. The summed E-state index contributed by atoms with van der Waals surface area (Å²) in [6.45, 7) is 5.71. The number of hydrogen-bond donors (Lipinski definition) is 1. The Balaban J connectivity index is 0.00000456. The Morgan fingerprint density at radius 1 is 1.08 bits per heavy atom. The van der Waals surface area contributed by atoms with Crippen molar-refractivity contribution >= 4 is 27.3 Å². The maximum Gasteiger partial charge on any atom is 1.00 e. The summed E-state index contributed by atoms with van der Waals surface area (Å²) in [7, 11) is -0.199. The summed E-state index contributed by atoms with van der Waals surface area (Å²) in [6.07, 6.45) is 0. The molecule has 1 N–H and O–H groups in total. The third-order valence-corrected chi connectivity index (χ3v) is 6.23. The molecule has 196 valence electrons. The van der Waals surface area contributed by atoms with Gasteiger partial charge in [0, 0.05) is 24.1 Å². The van der Waals surface area contributed by atoms with Crippen molar-refractivity contribution in [2.24, 2.45) is 17.3 Å². The summed E-state index contributed by atoms with van der Waals surface area (Å²) in [5.41, 5.74) is 0.177. The molecule has 0 spiro atoms. The predicted octanol–water partition coefficient (Wildman–Crippen LogP) is 4.76. The first-order chi connectivity index (χ1) is 16.4. The molecule has 3 rings (SSSR count). The van der Waals surface area contributed by atoms with Gasteiger partial charge in [0.25, 0.3) is 0 Å². The fourth-order valence-electron chi connectivity index (χ4n) is 3.14. The number of amides is 1. The summed E-state index contributed by atoms with van der Waals surface area (Å²) < 4.78 is 40.8. The van der Waals surface area contributed by atoms with Gasteiger partial charge in [0.1, 0.15) is 21.5 Å². The minimum Gasteiger partial charge on any atom is -0.537 e. The van der Waals surface area contributed by atoms with Crippen LogP contribution in [0.25, 0.3) is 4.72 Å². The molecule has 0 aliphatic carbocycles. The molecule has 0 aliphatic heterocycles. The molecule has 1 aromatic heterocycles. The predicted molar refractivity (Wildman–Crippen MR) is 129 cm³/mol. The molecule has 0 saturated heterocycles. The Kier molecular flexibility index (Phi) is 8.89. The Morgan fingerprint density at radius 3 is 2.36 bits per heavy atom. The van der Waals surface area contributed by atoms with Gasteiger partial charge < -0.3 is 24.1 Å². The Morgan fingerprint density at radius 2 is 1.75 bits per heavy atom. The number of methoxy groups -OCH3 is 2. The number of carbonyl (C=O) groups is 1. The molecule has 3 aromatic rings. The van der Waals surface area contributed by atoms with Gasteiger partial charge in [-0.1, -0.05) is 39.0 Å². The number of hydrogen-bond acceptors (Lipinski definition) is 9. The number of carbonyl (C=O) groups excluding carboxylic acids is 1. The molecule has 0 fully saturated rings. The SMILES string of the molecule is COc1ccc(OC)c(S(=O)(=O)[N-]C(=O)c2ccccc2N=Nc2c(C(C)(C)C)nn(C)c2O)c1.[Cu+]. The van der Waals surface area contributed by atoms with Crippen molar-refractivity contribution in [2.75, 3.05) is 14.2 Å². The number of azo groups is 1. The number of aromatic nitrogens is 2. The number of aryl methyl sites for hydroxylation is 1. The number of ether oxygens (including phenoxy) is 2. The van der Waals surface area contributed by atoms with Crippen molar-refractivity contribution in [3.63, 3.8) is 0 Å². The topological polar surface area (TPSA) is 147 Å². The molecule has 0 atom stereocenters.